The topological polar surface area (TPSA) is 0 Å². The minimum Gasteiger partial charge on any atom is -0.120 e. The third-order valence-electron chi connectivity index (χ3n) is 2.78. The summed E-state index contributed by atoms with van der Waals surface area (Å²) >= 11 is 0. The Labute approximate surface area is 70.4 Å². The van der Waals surface area contributed by atoms with Crippen LogP contribution in [0.15, 0.2) is 0 Å². The van der Waals surface area contributed by atoms with Gasteiger partial charge < -0.3 is 0 Å². The summed E-state index contributed by atoms with van der Waals surface area (Å²) < 4.78 is 0. The molecule has 0 aromatic heterocycles. The maximum absolute atomic E-state index is 5.37. The summed E-state index contributed by atoms with van der Waals surface area (Å²) in [6.45, 7) is 2.27. The largest absolute Gasteiger partial charge is 0.120 e. The molecular weight excluding hydrogens is 132 g/mol. The molecule has 0 N–H and O–H groups in total. The van der Waals surface area contributed by atoms with Crippen molar-refractivity contribution in [3.05, 3.63) is 0 Å². The molecule has 0 amide bonds. The first kappa shape index (κ1) is 8.65. The zero-order chi connectivity index (χ0) is 8.10. The van der Waals surface area contributed by atoms with Crippen molar-refractivity contribution in [2.75, 3.05) is 0 Å². The molecule has 0 aromatic carbocycles. The number of rotatable bonds is 2. The van der Waals surface area contributed by atoms with Gasteiger partial charge >= 0.3 is 0 Å². The minimum absolute atomic E-state index is 0.600. The molecule has 0 atom stereocenters. The lowest BCUT2D eigenvalue weighted by atomic mass is 9.80. The Morgan fingerprint density at radius 1 is 1.27 bits per heavy atom. The fourth-order valence-electron chi connectivity index (χ4n) is 2.03. The quantitative estimate of drug-likeness (QED) is 0.530. The van der Waals surface area contributed by atoms with Gasteiger partial charge in [0.15, 0.2) is 0 Å². The van der Waals surface area contributed by atoms with E-state index in [2.05, 4.69) is 12.8 Å². The Bertz CT molecular complexity index is 133. The average Bonchev–Trinajstić information content (AvgIpc) is 2.07. The van der Waals surface area contributed by atoms with Crippen molar-refractivity contribution < 1.29 is 0 Å². The fraction of sp³-hybridized carbons (Fsp3) is 0.818. The molecule has 0 aliphatic heterocycles. The van der Waals surface area contributed by atoms with Crippen molar-refractivity contribution >= 4 is 0 Å². The molecule has 0 radical (unpaired) electrons. The SMILES string of the molecule is C#CC1CCC(CCC)CC1. The molecule has 1 rings (SSSR count). The van der Waals surface area contributed by atoms with Gasteiger partial charge in [0.05, 0.1) is 0 Å². The van der Waals surface area contributed by atoms with E-state index in [1.807, 2.05) is 0 Å². The summed E-state index contributed by atoms with van der Waals surface area (Å²) in [5.41, 5.74) is 0. The molecule has 1 aliphatic rings. The van der Waals surface area contributed by atoms with E-state index in [0.717, 1.165) is 5.92 Å². The van der Waals surface area contributed by atoms with E-state index < -0.39 is 0 Å². The van der Waals surface area contributed by atoms with Crippen molar-refractivity contribution in [2.45, 2.75) is 45.4 Å². The first-order valence-corrected chi connectivity index (χ1v) is 4.83. The summed E-state index contributed by atoms with van der Waals surface area (Å²) in [4.78, 5) is 0. The van der Waals surface area contributed by atoms with Crippen molar-refractivity contribution in [3.63, 3.8) is 0 Å². The molecule has 1 fully saturated rings. The van der Waals surface area contributed by atoms with Crippen LogP contribution in [0.25, 0.3) is 0 Å². The standard InChI is InChI=1S/C11H18/c1-3-5-11-8-6-10(4-2)7-9-11/h2,10-11H,3,5-9H2,1H3. The lowest BCUT2D eigenvalue weighted by molar-refractivity contribution is 0.300. The Morgan fingerprint density at radius 3 is 2.36 bits per heavy atom. The van der Waals surface area contributed by atoms with E-state index >= 15 is 0 Å². The average molecular weight is 150 g/mol. The zero-order valence-electron chi connectivity index (χ0n) is 7.47. The molecule has 1 saturated carbocycles. The normalized spacial score (nSPS) is 31.3. The number of hydrogen-bond donors (Lipinski definition) is 0. The maximum atomic E-state index is 5.37. The molecular formula is C11H18. The third-order valence-corrected chi connectivity index (χ3v) is 2.78. The van der Waals surface area contributed by atoms with E-state index in [9.17, 15) is 0 Å². The van der Waals surface area contributed by atoms with Gasteiger partial charge in [-0.15, -0.1) is 12.3 Å². The van der Waals surface area contributed by atoms with Crippen molar-refractivity contribution in [3.8, 4) is 12.3 Å². The second-order valence-electron chi connectivity index (χ2n) is 3.67. The van der Waals surface area contributed by atoms with E-state index in [4.69, 9.17) is 6.42 Å². The molecule has 0 nitrogen and oxygen atoms in total. The summed E-state index contributed by atoms with van der Waals surface area (Å²) in [5.74, 6) is 4.46. The molecule has 11 heavy (non-hydrogen) atoms. The van der Waals surface area contributed by atoms with E-state index in [-0.39, 0.29) is 0 Å². The van der Waals surface area contributed by atoms with Crippen LogP contribution in [0.5, 0.6) is 0 Å². The summed E-state index contributed by atoms with van der Waals surface area (Å²) in [6, 6.07) is 0. The highest BCUT2D eigenvalue weighted by atomic mass is 14.2. The smallest absolute Gasteiger partial charge is 0.0200 e. The second-order valence-corrected chi connectivity index (χ2v) is 3.67. The molecule has 1 aliphatic carbocycles. The van der Waals surface area contributed by atoms with Crippen molar-refractivity contribution in [1.29, 1.82) is 0 Å². The predicted octanol–water partition coefficient (Wildman–Crippen LogP) is 3.23. The molecule has 0 saturated heterocycles. The Kier molecular flexibility index (Phi) is 3.49. The van der Waals surface area contributed by atoms with Crippen LogP contribution in [0, 0.1) is 24.2 Å². The fourth-order valence-corrected chi connectivity index (χ4v) is 2.03. The van der Waals surface area contributed by atoms with Crippen LogP contribution in [0.1, 0.15) is 45.4 Å². The second kappa shape index (κ2) is 4.44. The molecule has 0 heterocycles. The van der Waals surface area contributed by atoms with Crippen LogP contribution in [0.3, 0.4) is 0 Å². The highest BCUT2D eigenvalue weighted by Gasteiger charge is 2.18. The minimum atomic E-state index is 0.600. The van der Waals surface area contributed by atoms with Crippen LogP contribution in [-0.4, -0.2) is 0 Å². The van der Waals surface area contributed by atoms with Gasteiger partial charge in [0.2, 0.25) is 0 Å². The van der Waals surface area contributed by atoms with Crippen molar-refractivity contribution in [2.24, 2.45) is 11.8 Å². The summed E-state index contributed by atoms with van der Waals surface area (Å²) in [6.07, 6.45) is 13.4. The van der Waals surface area contributed by atoms with Crippen LogP contribution in [0.2, 0.25) is 0 Å². The molecule has 62 valence electrons. The zero-order valence-corrected chi connectivity index (χ0v) is 7.47. The van der Waals surface area contributed by atoms with Gasteiger partial charge in [-0.25, -0.2) is 0 Å². The molecule has 0 spiro atoms. The summed E-state index contributed by atoms with van der Waals surface area (Å²) in [5, 5.41) is 0. The Hall–Kier alpha value is -0.440. The van der Waals surface area contributed by atoms with Crippen LogP contribution in [-0.2, 0) is 0 Å². The lowest BCUT2D eigenvalue weighted by Crippen LogP contribution is -2.12. The van der Waals surface area contributed by atoms with Crippen LogP contribution >= 0.6 is 0 Å². The van der Waals surface area contributed by atoms with Gasteiger partial charge in [0.1, 0.15) is 0 Å². The monoisotopic (exact) mass is 150 g/mol. The maximum Gasteiger partial charge on any atom is 0.0200 e. The number of terminal acetylenes is 1. The molecule has 0 bridgehead atoms. The van der Waals surface area contributed by atoms with Crippen molar-refractivity contribution in [1.82, 2.24) is 0 Å². The first-order valence-electron chi connectivity index (χ1n) is 4.83. The van der Waals surface area contributed by atoms with E-state index in [0.29, 0.717) is 5.92 Å². The highest BCUT2D eigenvalue weighted by molar-refractivity contribution is 4.95. The van der Waals surface area contributed by atoms with Gasteiger partial charge in [-0.2, -0.15) is 0 Å². The third kappa shape index (κ3) is 2.58. The van der Waals surface area contributed by atoms with Gasteiger partial charge in [0.25, 0.3) is 0 Å². The van der Waals surface area contributed by atoms with E-state index in [1.54, 1.807) is 0 Å². The molecule has 0 aromatic rings. The van der Waals surface area contributed by atoms with Gasteiger partial charge in [-0.1, -0.05) is 19.8 Å². The van der Waals surface area contributed by atoms with Gasteiger partial charge in [0, 0.05) is 5.92 Å². The van der Waals surface area contributed by atoms with Gasteiger partial charge in [-0.05, 0) is 31.6 Å². The van der Waals surface area contributed by atoms with E-state index in [1.165, 1.54) is 38.5 Å². The summed E-state index contributed by atoms with van der Waals surface area (Å²) in [7, 11) is 0. The predicted molar refractivity (Wildman–Crippen MR) is 49.2 cm³/mol. The molecule has 0 heteroatoms. The van der Waals surface area contributed by atoms with Gasteiger partial charge in [-0.3, -0.25) is 0 Å². The lowest BCUT2D eigenvalue weighted by Gasteiger charge is -2.24. The van der Waals surface area contributed by atoms with Crippen LogP contribution < -0.4 is 0 Å². The number of hydrogen-bond acceptors (Lipinski definition) is 0. The Morgan fingerprint density at radius 2 is 1.91 bits per heavy atom. The van der Waals surface area contributed by atoms with Crippen LogP contribution in [0.4, 0.5) is 0 Å². The Balaban J connectivity index is 2.20. The highest BCUT2D eigenvalue weighted by Crippen LogP contribution is 2.30. The molecule has 0 unspecified atom stereocenters. The first-order chi connectivity index (χ1) is 5.36.